The lowest BCUT2D eigenvalue weighted by molar-refractivity contribution is 0.0582. The average Bonchev–Trinajstić information content (AvgIpc) is 3.20. The van der Waals surface area contributed by atoms with Crippen molar-refractivity contribution in [2.45, 2.75) is 0 Å². The molecule has 6 nitrogen and oxygen atoms in total. The molecule has 0 saturated carbocycles. The van der Waals surface area contributed by atoms with E-state index in [1.54, 1.807) is 0 Å². The van der Waals surface area contributed by atoms with E-state index in [2.05, 4.69) is 11.0 Å². The van der Waals surface area contributed by atoms with Crippen molar-refractivity contribution < 1.29 is 19.3 Å². The third-order valence-electron chi connectivity index (χ3n) is 8.29. The van der Waals surface area contributed by atoms with Gasteiger partial charge in [-0.2, -0.15) is 0 Å². The normalized spacial score (nSPS) is 10.6. The van der Waals surface area contributed by atoms with Crippen molar-refractivity contribution in [1.82, 2.24) is 0 Å². The standard InChI is InChI=1S/C44H32N2O4/c47-43(49-45-41-29-37(31-13-5-1-6-14-31)25-27-39(41)33-17-9-3-10-18-33)35-21-23-36(24-22-35)44(48)50-46-42-30-38(32-15-7-2-8-16-32)26-28-40(42)34-19-11-4-12-20-34/h1-30,45-46H. The second-order valence-electron chi connectivity index (χ2n) is 11.5. The van der Waals surface area contributed by atoms with Gasteiger partial charge in [-0.05, 0) is 69.8 Å². The molecule has 2 N–H and O–H groups in total. The first kappa shape index (κ1) is 31.7. The zero-order valence-electron chi connectivity index (χ0n) is 27.0. The molecule has 0 aromatic heterocycles. The molecule has 7 aromatic carbocycles. The third-order valence-corrected chi connectivity index (χ3v) is 8.29. The van der Waals surface area contributed by atoms with E-state index in [0.717, 1.165) is 44.5 Å². The minimum Gasteiger partial charge on any atom is -0.338 e. The smallest absolute Gasteiger partial charge is 0.338 e. The fraction of sp³-hybridized carbons (Fsp3) is 0. The summed E-state index contributed by atoms with van der Waals surface area (Å²) in [6.45, 7) is 0. The van der Waals surface area contributed by atoms with Crippen molar-refractivity contribution in [1.29, 1.82) is 0 Å². The highest BCUT2D eigenvalue weighted by atomic mass is 16.7. The monoisotopic (exact) mass is 652 g/mol. The molecule has 0 radical (unpaired) electrons. The van der Waals surface area contributed by atoms with E-state index in [0.29, 0.717) is 11.4 Å². The molecule has 7 aromatic rings. The van der Waals surface area contributed by atoms with Gasteiger partial charge in [0.25, 0.3) is 0 Å². The first-order valence-corrected chi connectivity index (χ1v) is 16.2. The largest absolute Gasteiger partial charge is 0.362 e. The molecule has 50 heavy (non-hydrogen) atoms. The van der Waals surface area contributed by atoms with Crippen LogP contribution in [-0.2, 0) is 9.68 Å². The van der Waals surface area contributed by atoms with Crippen molar-refractivity contribution in [2.24, 2.45) is 0 Å². The predicted octanol–water partition coefficient (Wildman–Crippen LogP) is 10.7. The molecule has 0 bridgehead atoms. The Kier molecular flexibility index (Phi) is 9.42. The van der Waals surface area contributed by atoms with E-state index < -0.39 is 11.9 Å². The summed E-state index contributed by atoms with van der Waals surface area (Å²) in [6, 6.07) is 57.8. The van der Waals surface area contributed by atoms with Crippen LogP contribution in [-0.4, -0.2) is 11.9 Å². The minimum absolute atomic E-state index is 0.268. The molecule has 242 valence electrons. The maximum absolute atomic E-state index is 13.1. The topological polar surface area (TPSA) is 76.7 Å². The molecule has 0 unspecified atom stereocenters. The van der Waals surface area contributed by atoms with Crippen LogP contribution >= 0.6 is 0 Å². The van der Waals surface area contributed by atoms with E-state index >= 15 is 0 Å². The summed E-state index contributed by atoms with van der Waals surface area (Å²) in [5.41, 5.74) is 15.3. The fourth-order valence-electron chi connectivity index (χ4n) is 5.68. The van der Waals surface area contributed by atoms with Crippen LogP contribution in [0.5, 0.6) is 0 Å². The van der Waals surface area contributed by atoms with Gasteiger partial charge in [-0.3, -0.25) is 0 Å². The van der Waals surface area contributed by atoms with Crippen molar-refractivity contribution in [3.63, 3.8) is 0 Å². The first-order valence-electron chi connectivity index (χ1n) is 16.2. The van der Waals surface area contributed by atoms with E-state index in [9.17, 15) is 9.59 Å². The lowest BCUT2D eigenvalue weighted by Crippen LogP contribution is -2.13. The Morgan fingerprint density at radius 2 is 0.660 bits per heavy atom. The summed E-state index contributed by atoms with van der Waals surface area (Å²) in [5, 5.41) is 0. The van der Waals surface area contributed by atoms with Crippen LogP contribution < -0.4 is 11.0 Å². The minimum atomic E-state index is -0.600. The lowest BCUT2D eigenvalue weighted by Gasteiger charge is -2.15. The highest BCUT2D eigenvalue weighted by molar-refractivity contribution is 5.94. The Morgan fingerprint density at radius 1 is 0.340 bits per heavy atom. The van der Waals surface area contributed by atoms with E-state index in [4.69, 9.17) is 9.68 Å². The second-order valence-corrected chi connectivity index (χ2v) is 11.5. The molecule has 0 spiro atoms. The highest BCUT2D eigenvalue weighted by Crippen LogP contribution is 2.34. The van der Waals surface area contributed by atoms with Crippen LogP contribution in [0.4, 0.5) is 11.4 Å². The van der Waals surface area contributed by atoms with Gasteiger partial charge in [0.15, 0.2) is 0 Å². The maximum atomic E-state index is 13.1. The van der Waals surface area contributed by atoms with Crippen LogP contribution in [0.25, 0.3) is 44.5 Å². The van der Waals surface area contributed by atoms with Crippen LogP contribution in [0.15, 0.2) is 182 Å². The highest BCUT2D eigenvalue weighted by Gasteiger charge is 2.15. The Morgan fingerprint density at radius 3 is 1.00 bits per heavy atom. The first-order chi connectivity index (χ1) is 24.6. The Labute approximate surface area is 290 Å². The molecule has 0 aliphatic carbocycles. The number of nitrogens with one attached hydrogen (secondary N) is 2. The van der Waals surface area contributed by atoms with Gasteiger partial charge in [0.1, 0.15) is 0 Å². The fourth-order valence-corrected chi connectivity index (χ4v) is 5.68. The molecule has 0 saturated heterocycles. The maximum Gasteiger partial charge on any atom is 0.362 e. The predicted molar refractivity (Wildman–Crippen MR) is 199 cm³/mol. The van der Waals surface area contributed by atoms with Crippen LogP contribution in [0.3, 0.4) is 0 Å². The zero-order valence-corrected chi connectivity index (χ0v) is 27.0. The molecular weight excluding hydrogens is 620 g/mol. The van der Waals surface area contributed by atoms with Crippen LogP contribution in [0, 0.1) is 0 Å². The van der Waals surface area contributed by atoms with Gasteiger partial charge in [-0.1, -0.05) is 146 Å². The summed E-state index contributed by atoms with van der Waals surface area (Å²) >= 11 is 0. The number of carbonyl (C=O) groups is 2. The second kappa shape index (κ2) is 14.9. The van der Waals surface area contributed by atoms with Gasteiger partial charge in [0.2, 0.25) is 0 Å². The molecule has 0 aliphatic heterocycles. The number of anilines is 2. The van der Waals surface area contributed by atoms with Crippen molar-refractivity contribution in [3.05, 3.63) is 193 Å². The van der Waals surface area contributed by atoms with E-state index in [1.807, 2.05) is 158 Å². The summed E-state index contributed by atoms with van der Waals surface area (Å²) in [4.78, 5) is 37.4. The number of hydrogen-bond donors (Lipinski definition) is 2. The number of benzene rings is 7. The van der Waals surface area contributed by atoms with Gasteiger partial charge >= 0.3 is 11.9 Å². The number of carbonyl (C=O) groups excluding carboxylic acids is 2. The summed E-state index contributed by atoms with van der Waals surface area (Å²) in [7, 11) is 0. The van der Waals surface area contributed by atoms with Crippen LogP contribution in [0.1, 0.15) is 20.7 Å². The molecule has 7 rings (SSSR count). The SMILES string of the molecule is O=C(ONc1cc(-c2ccccc2)ccc1-c1ccccc1)c1ccc(C(=O)ONc2cc(-c3ccccc3)ccc2-c2ccccc2)cc1. The molecule has 0 heterocycles. The quantitative estimate of drug-likeness (QED) is 0.143. The zero-order chi connectivity index (χ0) is 34.1. The molecule has 0 amide bonds. The van der Waals surface area contributed by atoms with Gasteiger partial charge in [0.05, 0.1) is 22.5 Å². The number of hydrogen-bond acceptors (Lipinski definition) is 6. The van der Waals surface area contributed by atoms with Crippen LogP contribution in [0.2, 0.25) is 0 Å². The summed E-state index contributed by atoms with van der Waals surface area (Å²) < 4.78 is 0. The van der Waals surface area contributed by atoms with Gasteiger partial charge in [-0.15, -0.1) is 0 Å². The molecule has 0 aliphatic rings. The third kappa shape index (κ3) is 7.30. The molecule has 0 atom stereocenters. The molecular formula is C44H32N2O4. The average molecular weight is 653 g/mol. The van der Waals surface area contributed by atoms with Gasteiger partial charge in [-0.25, -0.2) is 20.5 Å². The molecule has 6 heteroatoms. The Balaban J connectivity index is 1.05. The molecule has 0 fully saturated rings. The van der Waals surface area contributed by atoms with Crippen molar-refractivity contribution in [3.8, 4) is 44.5 Å². The Hall–Kier alpha value is -6.92. The number of rotatable bonds is 10. The van der Waals surface area contributed by atoms with Crippen molar-refractivity contribution >= 4 is 23.3 Å². The van der Waals surface area contributed by atoms with Gasteiger partial charge in [0, 0.05) is 11.1 Å². The van der Waals surface area contributed by atoms with Gasteiger partial charge < -0.3 is 9.68 Å². The summed E-state index contributed by atoms with van der Waals surface area (Å²) in [6.07, 6.45) is 0. The van der Waals surface area contributed by atoms with E-state index in [-0.39, 0.29) is 11.1 Å². The summed E-state index contributed by atoms with van der Waals surface area (Å²) in [5.74, 6) is -1.20. The van der Waals surface area contributed by atoms with Crippen molar-refractivity contribution in [2.75, 3.05) is 11.0 Å². The lowest BCUT2D eigenvalue weighted by atomic mass is 9.98. The van der Waals surface area contributed by atoms with E-state index in [1.165, 1.54) is 24.3 Å². The Bertz CT molecular complexity index is 2060.